The van der Waals surface area contributed by atoms with E-state index >= 15 is 0 Å². The lowest BCUT2D eigenvalue weighted by molar-refractivity contribution is 0.544. The van der Waals surface area contributed by atoms with Crippen molar-refractivity contribution in [2.45, 2.75) is 40.0 Å². The number of hydrogen-bond acceptors (Lipinski definition) is 5. The average Bonchev–Trinajstić information content (AvgIpc) is 2.27. The first-order chi connectivity index (χ1) is 8.11. The Morgan fingerprint density at radius 2 is 1.94 bits per heavy atom. The van der Waals surface area contributed by atoms with E-state index < -0.39 is 0 Å². The maximum absolute atomic E-state index is 5.33. The van der Waals surface area contributed by atoms with Gasteiger partial charge < -0.3 is 10.7 Å². The van der Waals surface area contributed by atoms with Crippen molar-refractivity contribution in [3.8, 4) is 0 Å². The molecule has 0 unspecified atom stereocenters. The van der Waals surface area contributed by atoms with Crippen molar-refractivity contribution in [2.24, 2.45) is 11.8 Å². The number of nitrogens with one attached hydrogen (secondary N) is 2. The molecular formula is C12H23N5. The van der Waals surface area contributed by atoms with Crippen LogP contribution in [0, 0.1) is 12.8 Å². The van der Waals surface area contributed by atoms with Crippen LogP contribution in [0.5, 0.6) is 0 Å². The summed E-state index contributed by atoms with van der Waals surface area (Å²) in [5.74, 6) is 8.29. The molecule has 0 aliphatic heterocycles. The van der Waals surface area contributed by atoms with Gasteiger partial charge in [-0.3, -0.25) is 0 Å². The molecule has 4 N–H and O–H groups in total. The van der Waals surface area contributed by atoms with Crippen LogP contribution >= 0.6 is 0 Å². The predicted octanol–water partition coefficient (Wildman–Crippen LogP) is 2.31. The summed E-state index contributed by atoms with van der Waals surface area (Å²) in [6.07, 6.45) is 3.68. The zero-order valence-corrected chi connectivity index (χ0v) is 11.0. The van der Waals surface area contributed by atoms with E-state index in [4.69, 9.17) is 5.84 Å². The van der Waals surface area contributed by atoms with Crippen molar-refractivity contribution in [3.05, 3.63) is 11.9 Å². The van der Waals surface area contributed by atoms with Crippen LogP contribution < -0.4 is 16.6 Å². The topological polar surface area (TPSA) is 75.9 Å². The maximum atomic E-state index is 5.33. The molecule has 0 aromatic carbocycles. The Balaban J connectivity index is 2.33. The molecule has 17 heavy (non-hydrogen) atoms. The molecular weight excluding hydrogens is 214 g/mol. The molecule has 0 saturated heterocycles. The van der Waals surface area contributed by atoms with E-state index in [1.807, 2.05) is 13.0 Å². The lowest BCUT2D eigenvalue weighted by Crippen LogP contribution is -2.11. The first kappa shape index (κ1) is 13.7. The fourth-order valence-electron chi connectivity index (χ4n) is 1.63. The minimum absolute atomic E-state index is 0.641. The van der Waals surface area contributed by atoms with Gasteiger partial charge in [-0.1, -0.05) is 26.7 Å². The van der Waals surface area contributed by atoms with E-state index in [9.17, 15) is 0 Å². The van der Waals surface area contributed by atoms with Gasteiger partial charge in [0.15, 0.2) is 0 Å². The molecule has 1 heterocycles. The van der Waals surface area contributed by atoms with Crippen molar-refractivity contribution in [2.75, 3.05) is 17.3 Å². The summed E-state index contributed by atoms with van der Waals surface area (Å²) in [7, 11) is 0. The van der Waals surface area contributed by atoms with E-state index in [0.717, 1.165) is 24.7 Å². The molecule has 0 spiro atoms. The minimum Gasteiger partial charge on any atom is -0.370 e. The van der Waals surface area contributed by atoms with Crippen LogP contribution in [0.3, 0.4) is 0 Å². The fourth-order valence-corrected chi connectivity index (χ4v) is 1.63. The van der Waals surface area contributed by atoms with E-state index in [1.165, 1.54) is 12.8 Å². The first-order valence-corrected chi connectivity index (χ1v) is 6.18. The number of hydrazine groups is 1. The number of nitrogens with zero attached hydrogens (tertiary/aromatic N) is 2. The van der Waals surface area contributed by atoms with Crippen LogP contribution in [0.25, 0.3) is 0 Å². The highest BCUT2D eigenvalue weighted by molar-refractivity contribution is 5.46. The zero-order chi connectivity index (χ0) is 12.7. The molecule has 0 aliphatic rings. The van der Waals surface area contributed by atoms with Crippen molar-refractivity contribution in [1.29, 1.82) is 0 Å². The Hall–Kier alpha value is -1.36. The van der Waals surface area contributed by atoms with Crippen LogP contribution in [-0.2, 0) is 0 Å². The third-order valence-electron chi connectivity index (χ3n) is 2.50. The number of aromatic nitrogens is 2. The number of unbranched alkanes of at least 4 members (excludes halogenated alkanes) is 1. The lowest BCUT2D eigenvalue weighted by Gasteiger charge is -2.08. The Morgan fingerprint density at radius 3 is 2.59 bits per heavy atom. The van der Waals surface area contributed by atoms with Gasteiger partial charge in [-0.05, 0) is 19.3 Å². The molecule has 0 aliphatic carbocycles. The van der Waals surface area contributed by atoms with Gasteiger partial charge in [-0.15, -0.1) is 0 Å². The Labute approximate surface area is 103 Å². The second kappa shape index (κ2) is 7.06. The van der Waals surface area contributed by atoms with Crippen molar-refractivity contribution >= 4 is 11.6 Å². The number of nitrogen functional groups attached to an aromatic ring is 1. The largest absolute Gasteiger partial charge is 0.370 e. The smallest absolute Gasteiger partial charge is 0.145 e. The van der Waals surface area contributed by atoms with Crippen LogP contribution in [0.4, 0.5) is 11.6 Å². The van der Waals surface area contributed by atoms with E-state index in [0.29, 0.717) is 11.6 Å². The summed E-state index contributed by atoms with van der Waals surface area (Å²) >= 11 is 0. The lowest BCUT2D eigenvalue weighted by atomic mass is 10.1. The SMILES string of the molecule is Cc1nc(NN)cc(NCCCCC(C)C)n1. The molecule has 5 nitrogen and oxygen atoms in total. The minimum atomic E-state index is 0.641. The van der Waals surface area contributed by atoms with E-state index in [2.05, 4.69) is 34.6 Å². The van der Waals surface area contributed by atoms with E-state index in [1.54, 1.807) is 0 Å². The van der Waals surface area contributed by atoms with Crippen LogP contribution in [0.2, 0.25) is 0 Å². The third-order valence-corrected chi connectivity index (χ3v) is 2.50. The molecule has 0 bridgehead atoms. The summed E-state index contributed by atoms with van der Waals surface area (Å²) in [5.41, 5.74) is 2.53. The van der Waals surface area contributed by atoms with Gasteiger partial charge in [-0.2, -0.15) is 0 Å². The molecule has 1 aromatic heterocycles. The summed E-state index contributed by atoms with van der Waals surface area (Å²) < 4.78 is 0. The molecule has 0 amide bonds. The summed E-state index contributed by atoms with van der Waals surface area (Å²) in [5, 5.41) is 3.29. The summed E-state index contributed by atoms with van der Waals surface area (Å²) in [6, 6.07) is 1.81. The quantitative estimate of drug-likeness (QED) is 0.385. The maximum Gasteiger partial charge on any atom is 0.145 e. The normalized spacial score (nSPS) is 10.6. The second-order valence-corrected chi connectivity index (χ2v) is 4.65. The van der Waals surface area contributed by atoms with Crippen molar-refractivity contribution in [3.63, 3.8) is 0 Å². The highest BCUT2D eigenvalue weighted by Gasteiger charge is 2.00. The third kappa shape index (κ3) is 5.49. The van der Waals surface area contributed by atoms with Crippen molar-refractivity contribution in [1.82, 2.24) is 9.97 Å². The van der Waals surface area contributed by atoms with Gasteiger partial charge >= 0.3 is 0 Å². The molecule has 0 fully saturated rings. The van der Waals surface area contributed by atoms with Gasteiger partial charge in [0.1, 0.15) is 17.5 Å². The van der Waals surface area contributed by atoms with Gasteiger partial charge in [0, 0.05) is 12.6 Å². The molecule has 0 radical (unpaired) electrons. The highest BCUT2D eigenvalue weighted by atomic mass is 15.3. The van der Waals surface area contributed by atoms with Crippen LogP contribution in [-0.4, -0.2) is 16.5 Å². The Bertz CT molecular complexity index is 338. The van der Waals surface area contributed by atoms with Crippen molar-refractivity contribution < 1.29 is 0 Å². The number of anilines is 2. The van der Waals surface area contributed by atoms with Gasteiger partial charge in [0.25, 0.3) is 0 Å². The van der Waals surface area contributed by atoms with Gasteiger partial charge in [0.2, 0.25) is 0 Å². The monoisotopic (exact) mass is 237 g/mol. The Kier molecular flexibility index (Phi) is 5.69. The van der Waals surface area contributed by atoms with Crippen LogP contribution in [0.15, 0.2) is 6.07 Å². The standard InChI is InChI=1S/C12H23N5/c1-9(2)6-4-5-7-14-11-8-12(17-13)16-10(3)15-11/h8-9H,4-7,13H2,1-3H3,(H2,14,15,16,17). The van der Waals surface area contributed by atoms with Crippen LogP contribution in [0.1, 0.15) is 38.9 Å². The molecule has 96 valence electrons. The fraction of sp³-hybridized carbons (Fsp3) is 0.667. The van der Waals surface area contributed by atoms with Gasteiger partial charge in [-0.25, -0.2) is 15.8 Å². The number of rotatable bonds is 7. The van der Waals surface area contributed by atoms with E-state index in [-0.39, 0.29) is 0 Å². The molecule has 1 aromatic rings. The highest BCUT2D eigenvalue weighted by Crippen LogP contribution is 2.11. The number of aryl methyl sites for hydroxylation is 1. The first-order valence-electron chi connectivity index (χ1n) is 6.18. The van der Waals surface area contributed by atoms with Gasteiger partial charge in [0.05, 0.1) is 0 Å². The average molecular weight is 237 g/mol. The summed E-state index contributed by atoms with van der Waals surface area (Å²) in [4.78, 5) is 8.43. The zero-order valence-electron chi connectivity index (χ0n) is 11.0. The Morgan fingerprint density at radius 1 is 1.24 bits per heavy atom. The molecule has 0 saturated carbocycles. The summed E-state index contributed by atoms with van der Waals surface area (Å²) in [6.45, 7) is 7.29. The number of nitrogens with two attached hydrogens (primary N) is 1. The number of hydrogen-bond donors (Lipinski definition) is 3. The molecule has 5 heteroatoms. The molecule has 1 rings (SSSR count). The predicted molar refractivity (Wildman–Crippen MR) is 71.8 cm³/mol. The second-order valence-electron chi connectivity index (χ2n) is 4.65. The molecule has 0 atom stereocenters.